The van der Waals surface area contributed by atoms with Crippen LogP contribution in [0, 0.1) is 18.3 Å². The first kappa shape index (κ1) is 15.4. The van der Waals surface area contributed by atoms with E-state index >= 15 is 0 Å². The molecule has 0 heterocycles. The lowest BCUT2D eigenvalue weighted by Crippen LogP contribution is -2.45. The molecule has 2 rings (SSSR count). The molecule has 2 atom stereocenters. The van der Waals surface area contributed by atoms with Crippen LogP contribution in [0.3, 0.4) is 0 Å². The Morgan fingerprint density at radius 2 is 1.90 bits per heavy atom. The van der Waals surface area contributed by atoms with Crippen molar-refractivity contribution in [2.24, 2.45) is 11.3 Å². The monoisotopic (exact) mass is 275 g/mol. The molecule has 1 fully saturated rings. The van der Waals surface area contributed by atoms with Gasteiger partial charge in [0.2, 0.25) is 0 Å². The Morgan fingerprint density at radius 1 is 1.25 bits per heavy atom. The maximum Gasteiger partial charge on any atom is 0.0636 e. The molecule has 112 valence electrons. The van der Waals surface area contributed by atoms with Crippen LogP contribution in [0.5, 0.6) is 0 Å². The molecule has 1 aromatic carbocycles. The fourth-order valence-electron chi connectivity index (χ4n) is 3.41. The van der Waals surface area contributed by atoms with Gasteiger partial charge in [0.05, 0.1) is 6.10 Å². The van der Waals surface area contributed by atoms with Crippen molar-refractivity contribution in [2.45, 2.75) is 53.1 Å². The first-order valence-electron chi connectivity index (χ1n) is 7.93. The van der Waals surface area contributed by atoms with Crippen molar-refractivity contribution in [3.8, 4) is 0 Å². The van der Waals surface area contributed by atoms with Crippen molar-refractivity contribution in [1.29, 1.82) is 0 Å². The Balaban J connectivity index is 2.08. The zero-order valence-electron chi connectivity index (χ0n) is 13.4. The highest BCUT2D eigenvalue weighted by molar-refractivity contribution is 5.47. The number of aryl methyl sites for hydroxylation is 1. The summed E-state index contributed by atoms with van der Waals surface area (Å²) < 4.78 is 0. The minimum absolute atomic E-state index is 0.0651. The molecule has 0 aromatic heterocycles. The molecular formula is C18H29NO. The van der Waals surface area contributed by atoms with Gasteiger partial charge in [-0.05, 0) is 44.2 Å². The molecule has 2 unspecified atom stereocenters. The van der Waals surface area contributed by atoms with Crippen molar-refractivity contribution >= 4 is 5.69 Å². The normalized spacial score (nSPS) is 25.4. The fraction of sp³-hybridized carbons (Fsp3) is 0.667. The molecule has 1 saturated carbocycles. The molecule has 0 bridgehead atoms. The Bertz CT molecular complexity index is 424. The quantitative estimate of drug-likeness (QED) is 0.897. The molecule has 0 radical (unpaired) electrons. The Morgan fingerprint density at radius 3 is 2.50 bits per heavy atom. The van der Waals surface area contributed by atoms with E-state index in [1.54, 1.807) is 0 Å². The summed E-state index contributed by atoms with van der Waals surface area (Å²) in [4.78, 5) is 2.40. The van der Waals surface area contributed by atoms with E-state index in [-0.39, 0.29) is 11.5 Å². The number of aliphatic hydroxyl groups is 1. The first-order valence-corrected chi connectivity index (χ1v) is 7.93. The van der Waals surface area contributed by atoms with Gasteiger partial charge in [-0.25, -0.2) is 0 Å². The van der Waals surface area contributed by atoms with Crippen LogP contribution in [0.15, 0.2) is 24.3 Å². The zero-order valence-corrected chi connectivity index (χ0v) is 13.4. The second kappa shape index (κ2) is 6.17. The second-order valence-electron chi connectivity index (χ2n) is 6.96. The summed E-state index contributed by atoms with van der Waals surface area (Å²) >= 11 is 0. The van der Waals surface area contributed by atoms with Crippen molar-refractivity contribution < 1.29 is 5.11 Å². The van der Waals surface area contributed by atoms with Gasteiger partial charge in [-0.1, -0.05) is 38.0 Å². The summed E-state index contributed by atoms with van der Waals surface area (Å²) in [6, 6.07) is 8.72. The SMILES string of the molecule is CCN(CC1CCCC(C)(C)C1O)c1ccc(C)cc1. The average molecular weight is 275 g/mol. The van der Waals surface area contributed by atoms with E-state index in [1.807, 2.05) is 0 Å². The summed E-state index contributed by atoms with van der Waals surface area (Å²) in [5.41, 5.74) is 2.63. The maximum atomic E-state index is 10.6. The standard InChI is InChI=1S/C18H29NO/c1-5-19(16-10-8-14(2)9-11-16)13-15-7-6-12-18(3,4)17(15)20/h8-11,15,17,20H,5-7,12-13H2,1-4H3. The molecule has 1 N–H and O–H groups in total. The van der Waals surface area contributed by atoms with E-state index in [1.165, 1.54) is 17.7 Å². The third-order valence-electron chi connectivity index (χ3n) is 4.88. The van der Waals surface area contributed by atoms with Gasteiger partial charge in [-0.2, -0.15) is 0 Å². The third-order valence-corrected chi connectivity index (χ3v) is 4.88. The van der Waals surface area contributed by atoms with E-state index in [4.69, 9.17) is 0 Å². The predicted molar refractivity (Wildman–Crippen MR) is 86.2 cm³/mol. The summed E-state index contributed by atoms with van der Waals surface area (Å²) in [6.45, 7) is 10.7. The van der Waals surface area contributed by atoms with Crippen LogP contribution in [-0.4, -0.2) is 24.3 Å². The van der Waals surface area contributed by atoms with Gasteiger partial charge in [0.1, 0.15) is 0 Å². The smallest absolute Gasteiger partial charge is 0.0636 e. The Kier molecular flexibility index (Phi) is 4.74. The highest BCUT2D eigenvalue weighted by Gasteiger charge is 2.38. The van der Waals surface area contributed by atoms with Crippen molar-refractivity contribution in [2.75, 3.05) is 18.0 Å². The number of anilines is 1. The highest BCUT2D eigenvalue weighted by Crippen LogP contribution is 2.39. The summed E-state index contributed by atoms with van der Waals surface area (Å²) in [6.07, 6.45) is 3.34. The number of hydrogen-bond donors (Lipinski definition) is 1. The van der Waals surface area contributed by atoms with Crippen molar-refractivity contribution in [1.82, 2.24) is 0 Å². The van der Waals surface area contributed by atoms with Crippen LogP contribution in [-0.2, 0) is 0 Å². The summed E-state index contributed by atoms with van der Waals surface area (Å²) in [7, 11) is 0. The maximum absolute atomic E-state index is 10.6. The minimum atomic E-state index is -0.184. The molecule has 20 heavy (non-hydrogen) atoms. The van der Waals surface area contributed by atoms with Gasteiger partial charge in [0.25, 0.3) is 0 Å². The van der Waals surface area contributed by atoms with Crippen LogP contribution in [0.25, 0.3) is 0 Å². The zero-order chi connectivity index (χ0) is 14.8. The minimum Gasteiger partial charge on any atom is -0.392 e. The van der Waals surface area contributed by atoms with Crippen molar-refractivity contribution in [3.63, 3.8) is 0 Å². The predicted octanol–water partition coefficient (Wildman–Crippen LogP) is 4.01. The topological polar surface area (TPSA) is 23.5 Å². The lowest BCUT2D eigenvalue weighted by atomic mass is 9.69. The number of hydrogen-bond acceptors (Lipinski definition) is 2. The fourth-order valence-corrected chi connectivity index (χ4v) is 3.41. The number of rotatable bonds is 4. The molecule has 0 amide bonds. The lowest BCUT2D eigenvalue weighted by molar-refractivity contribution is -0.0292. The van der Waals surface area contributed by atoms with Crippen LogP contribution < -0.4 is 4.90 Å². The number of benzene rings is 1. The summed E-state index contributed by atoms with van der Waals surface area (Å²) in [5, 5.41) is 10.6. The van der Waals surface area contributed by atoms with Crippen LogP contribution in [0.1, 0.15) is 45.6 Å². The molecule has 2 nitrogen and oxygen atoms in total. The molecule has 0 spiro atoms. The van der Waals surface area contributed by atoms with Gasteiger partial charge < -0.3 is 10.0 Å². The first-order chi connectivity index (χ1) is 9.44. The van der Waals surface area contributed by atoms with E-state index in [9.17, 15) is 5.11 Å². The average Bonchev–Trinajstić information content (AvgIpc) is 2.42. The molecule has 1 aromatic rings. The van der Waals surface area contributed by atoms with Crippen LogP contribution >= 0.6 is 0 Å². The molecule has 1 aliphatic rings. The molecule has 0 saturated heterocycles. The van der Waals surface area contributed by atoms with Crippen LogP contribution in [0.2, 0.25) is 0 Å². The lowest BCUT2D eigenvalue weighted by Gasteiger charge is -2.42. The van der Waals surface area contributed by atoms with Gasteiger partial charge in [0, 0.05) is 24.7 Å². The second-order valence-corrected chi connectivity index (χ2v) is 6.96. The van der Waals surface area contributed by atoms with E-state index in [2.05, 4.69) is 56.9 Å². The molecule has 1 aliphatic carbocycles. The van der Waals surface area contributed by atoms with Crippen LogP contribution in [0.4, 0.5) is 5.69 Å². The molecule has 2 heteroatoms. The van der Waals surface area contributed by atoms with Gasteiger partial charge in [-0.3, -0.25) is 0 Å². The van der Waals surface area contributed by atoms with Gasteiger partial charge in [0.15, 0.2) is 0 Å². The van der Waals surface area contributed by atoms with E-state index in [0.29, 0.717) is 5.92 Å². The Hall–Kier alpha value is -1.02. The highest BCUT2D eigenvalue weighted by atomic mass is 16.3. The number of aliphatic hydroxyl groups excluding tert-OH is 1. The van der Waals surface area contributed by atoms with Crippen molar-refractivity contribution in [3.05, 3.63) is 29.8 Å². The van der Waals surface area contributed by atoms with E-state index in [0.717, 1.165) is 25.9 Å². The number of nitrogens with zero attached hydrogens (tertiary/aromatic N) is 1. The third kappa shape index (κ3) is 3.35. The van der Waals surface area contributed by atoms with Gasteiger partial charge >= 0.3 is 0 Å². The summed E-state index contributed by atoms with van der Waals surface area (Å²) in [5.74, 6) is 0.389. The Labute approximate surface area is 123 Å². The molecule has 0 aliphatic heterocycles. The largest absolute Gasteiger partial charge is 0.392 e. The molecular weight excluding hydrogens is 246 g/mol. The van der Waals surface area contributed by atoms with Gasteiger partial charge in [-0.15, -0.1) is 0 Å². The van der Waals surface area contributed by atoms with E-state index < -0.39 is 0 Å².